The van der Waals surface area contributed by atoms with Crippen molar-refractivity contribution in [1.82, 2.24) is 10.6 Å². The highest BCUT2D eigenvalue weighted by Gasteiger charge is 2.51. The second kappa shape index (κ2) is 6.49. The summed E-state index contributed by atoms with van der Waals surface area (Å²) in [6.07, 6.45) is 2.53. The van der Waals surface area contributed by atoms with Gasteiger partial charge in [0.25, 0.3) is 0 Å². The van der Waals surface area contributed by atoms with E-state index in [2.05, 4.69) is 68.7 Å². The van der Waals surface area contributed by atoms with Crippen LogP contribution in [0.25, 0.3) is 0 Å². The van der Waals surface area contributed by atoms with Crippen LogP contribution in [0.4, 0.5) is 0 Å². The molecule has 138 valence electrons. The van der Waals surface area contributed by atoms with Crippen molar-refractivity contribution < 1.29 is 4.79 Å². The number of allylic oxidation sites excluding steroid dienone is 3. The fourth-order valence-electron chi connectivity index (χ4n) is 4.77. The third-order valence-electron chi connectivity index (χ3n) is 6.19. The Kier molecular flexibility index (Phi) is 4.42. The van der Waals surface area contributed by atoms with Crippen molar-refractivity contribution in [1.29, 1.82) is 0 Å². The molecular weight excluding hydrogens is 340 g/mol. The van der Waals surface area contributed by atoms with Gasteiger partial charge in [-0.15, -0.1) is 11.8 Å². The Balaban J connectivity index is 1.92. The van der Waals surface area contributed by atoms with Gasteiger partial charge < -0.3 is 10.6 Å². The van der Waals surface area contributed by atoms with Gasteiger partial charge in [0.1, 0.15) is 5.82 Å². The lowest BCUT2D eigenvalue weighted by Gasteiger charge is -2.44. The van der Waals surface area contributed by atoms with E-state index in [1.54, 1.807) is 0 Å². The molecule has 0 saturated heterocycles. The topological polar surface area (TPSA) is 41.1 Å². The highest BCUT2D eigenvalue weighted by Crippen LogP contribution is 2.56. The molecule has 1 aromatic rings. The van der Waals surface area contributed by atoms with Crippen molar-refractivity contribution in [3.8, 4) is 0 Å². The lowest BCUT2D eigenvalue weighted by Crippen LogP contribution is -2.45. The minimum atomic E-state index is -0.321. The average molecular weight is 369 g/mol. The molecule has 0 saturated carbocycles. The second-order valence-electron chi connectivity index (χ2n) is 8.05. The molecule has 2 heterocycles. The lowest BCUT2D eigenvalue weighted by atomic mass is 9.64. The number of carbonyl (C=O) groups excluding carboxylic acids is 1. The molecule has 1 aromatic carbocycles. The normalized spacial score (nSPS) is 30.9. The van der Waals surface area contributed by atoms with E-state index in [9.17, 15) is 4.79 Å². The van der Waals surface area contributed by atoms with E-state index in [1.807, 2.05) is 11.8 Å². The van der Waals surface area contributed by atoms with Gasteiger partial charge in [0.15, 0.2) is 5.78 Å². The Morgan fingerprint density at radius 3 is 2.62 bits per heavy atom. The molecule has 1 aliphatic carbocycles. The molecule has 0 spiro atoms. The van der Waals surface area contributed by atoms with E-state index in [-0.39, 0.29) is 5.41 Å². The van der Waals surface area contributed by atoms with Crippen molar-refractivity contribution in [3.05, 3.63) is 57.9 Å². The number of benzene rings is 1. The summed E-state index contributed by atoms with van der Waals surface area (Å²) in [4.78, 5) is 14.7. The van der Waals surface area contributed by atoms with Crippen molar-refractivity contribution in [2.75, 3.05) is 0 Å². The Morgan fingerprint density at radius 1 is 1.23 bits per heavy atom. The summed E-state index contributed by atoms with van der Waals surface area (Å²) in [5.41, 5.74) is 3.08. The predicted molar refractivity (Wildman–Crippen MR) is 108 cm³/mol. The Hall–Kier alpha value is -1.68. The van der Waals surface area contributed by atoms with Crippen molar-refractivity contribution in [3.63, 3.8) is 0 Å². The number of Topliss-reactive ketones (excluding diaryl/α,β-unsaturated/α-hetero) is 1. The Morgan fingerprint density at radius 2 is 1.96 bits per heavy atom. The molecule has 0 aromatic heterocycles. The van der Waals surface area contributed by atoms with Crippen molar-refractivity contribution in [2.45, 2.75) is 57.7 Å². The van der Waals surface area contributed by atoms with E-state index in [0.717, 1.165) is 29.9 Å². The quantitative estimate of drug-likeness (QED) is 0.813. The van der Waals surface area contributed by atoms with Crippen molar-refractivity contribution >= 4 is 17.5 Å². The molecule has 0 amide bonds. The van der Waals surface area contributed by atoms with E-state index in [4.69, 9.17) is 0 Å². The third kappa shape index (κ3) is 2.53. The summed E-state index contributed by atoms with van der Waals surface area (Å²) in [6, 6.07) is 10.6. The zero-order valence-electron chi connectivity index (χ0n) is 16.1. The molecule has 26 heavy (non-hydrogen) atoms. The molecule has 0 fully saturated rings. The van der Waals surface area contributed by atoms with Crippen molar-refractivity contribution in [2.24, 2.45) is 11.8 Å². The molecule has 2 N–H and O–H groups in total. The van der Waals surface area contributed by atoms with Crippen LogP contribution in [0.1, 0.15) is 52.5 Å². The van der Waals surface area contributed by atoms with Gasteiger partial charge >= 0.3 is 0 Å². The number of dihydropyridines is 1. The maximum Gasteiger partial charge on any atom is 0.162 e. The maximum atomic E-state index is 13.4. The van der Waals surface area contributed by atoms with Crippen LogP contribution in [0, 0.1) is 11.8 Å². The number of hydrogen-bond donors (Lipinski definition) is 2. The Labute approximate surface area is 160 Å². The second-order valence-corrected chi connectivity index (χ2v) is 9.40. The van der Waals surface area contributed by atoms with Gasteiger partial charge in [0.05, 0.1) is 10.8 Å². The number of rotatable bonds is 3. The summed E-state index contributed by atoms with van der Waals surface area (Å²) in [6.45, 7) is 8.87. The zero-order valence-corrected chi connectivity index (χ0v) is 16.9. The molecule has 0 radical (unpaired) electrons. The lowest BCUT2D eigenvalue weighted by molar-refractivity contribution is -0.118. The van der Waals surface area contributed by atoms with Gasteiger partial charge in [-0.2, -0.15) is 0 Å². The largest absolute Gasteiger partial charge is 0.359 e. The summed E-state index contributed by atoms with van der Waals surface area (Å²) in [5.74, 6) is 2.38. The van der Waals surface area contributed by atoms with E-state index >= 15 is 0 Å². The van der Waals surface area contributed by atoms with E-state index < -0.39 is 0 Å². The van der Waals surface area contributed by atoms with E-state index in [0.29, 0.717) is 29.4 Å². The molecule has 3 aliphatic rings. The van der Waals surface area contributed by atoms with E-state index in [1.165, 1.54) is 10.5 Å². The first-order valence-electron chi connectivity index (χ1n) is 9.74. The number of carbonyl (C=O) groups is 1. The average Bonchev–Trinajstić information content (AvgIpc) is 3.00. The molecule has 2 aliphatic heterocycles. The predicted octanol–water partition coefficient (Wildman–Crippen LogP) is 4.68. The van der Waals surface area contributed by atoms with Crippen LogP contribution in [0.3, 0.4) is 0 Å². The van der Waals surface area contributed by atoms with Gasteiger partial charge in [-0.25, -0.2) is 0 Å². The van der Waals surface area contributed by atoms with Gasteiger partial charge in [0.2, 0.25) is 0 Å². The van der Waals surface area contributed by atoms with Crippen LogP contribution < -0.4 is 10.6 Å². The monoisotopic (exact) mass is 368 g/mol. The first-order chi connectivity index (χ1) is 12.5. The number of hydrogen-bond acceptors (Lipinski definition) is 4. The van der Waals surface area contributed by atoms with Crippen LogP contribution in [-0.2, 0) is 10.2 Å². The molecule has 3 atom stereocenters. The molecular formula is C22H28N2OS. The molecule has 0 bridgehead atoms. The van der Waals surface area contributed by atoms with Gasteiger partial charge in [-0.1, -0.05) is 51.1 Å². The molecule has 3 nitrogen and oxygen atoms in total. The highest BCUT2D eigenvalue weighted by molar-refractivity contribution is 8.04. The number of nitrogens with one attached hydrogen (secondary N) is 2. The summed E-state index contributed by atoms with van der Waals surface area (Å²) in [7, 11) is 0. The SMILES string of the molecule is CCC1(c2ccccc2)C2=C(NC3=C1C(=O)CC(C(C)C)C3)NC(C)S2. The Bertz CT molecular complexity index is 796. The first-order valence-corrected chi connectivity index (χ1v) is 10.6. The molecule has 4 heteroatoms. The number of ketones is 1. The van der Waals surface area contributed by atoms with Gasteiger partial charge in [-0.05, 0) is 37.2 Å². The maximum absolute atomic E-state index is 13.4. The standard InChI is InChI=1S/C22H28N2OS/c1-5-22(16-9-7-6-8-10-16)19-17(11-15(13(2)3)12-18(19)25)24-21-20(22)26-14(4)23-21/h6-10,13-15,23-24H,5,11-12H2,1-4H3. The molecule has 3 unspecified atom stereocenters. The first kappa shape index (κ1) is 17.7. The number of thioether (sulfide) groups is 1. The van der Waals surface area contributed by atoms with Gasteiger partial charge in [0, 0.05) is 22.6 Å². The zero-order chi connectivity index (χ0) is 18.5. The minimum Gasteiger partial charge on any atom is -0.359 e. The summed E-state index contributed by atoms with van der Waals surface area (Å²) >= 11 is 1.86. The summed E-state index contributed by atoms with van der Waals surface area (Å²) in [5, 5.41) is 7.54. The molecule has 4 rings (SSSR count). The highest BCUT2D eigenvalue weighted by atomic mass is 32.2. The van der Waals surface area contributed by atoms with Crippen LogP contribution in [-0.4, -0.2) is 11.2 Å². The van der Waals surface area contributed by atoms with Crippen LogP contribution in [0.15, 0.2) is 52.3 Å². The minimum absolute atomic E-state index is 0.319. The van der Waals surface area contributed by atoms with Gasteiger partial charge in [-0.3, -0.25) is 4.79 Å². The summed E-state index contributed by atoms with van der Waals surface area (Å²) < 4.78 is 0. The fourth-order valence-corrected chi connectivity index (χ4v) is 6.09. The third-order valence-corrected chi connectivity index (χ3v) is 7.45. The van der Waals surface area contributed by atoms with Crippen LogP contribution in [0.5, 0.6) is 0 Å². The fraction of sp³-hybridized carbons (Fsp3) is 0.500. The smallest absolute Gasteiger partial charge is 0.162 e. The van der Waals surface area contributed by atoms with Crippen LogP contribution in [0.2, 0.25) is 0 Å². The van der Waals surface area contributed by atoms with Crippen LogP contribution >= 0.6 is 11.8 Å².